The van der Waals surface area contributed by atoms with Crippen molar-refractivity contribution in [3.05, 3.63) is 76.5 Å². The number of hydrogen-bond donors (Lipinski definition) is 1. The average molecular weight is 332 g/mol. The fraction of sp³-hybridized carbons (Fsp3) is 0.105. The first kappa shape index (κ1) is 15.1. The summed E-state index contributed by atoms with van der Waals surface area (Å²) in [6.45, 7) is 0.429. The third-order valence-electron chi connectivity index (χ3n) is 4.50. The van der Waals surface area contributed by atoms with E-state index >= 15 is 0 Å². The Morgan fingerprint density at radius 3 is 2.56 bits per heavy atom. The van der Waals surface area contributed by atoms with E-state index in [4.69, 9.17) is 5.73 Å². The molecule has 3 aromatic heterocycles. The highest BCUT2D eigenvalue weighted by Crippen LogP contribution is 2.25. The highest BCUT2D eigenvalue weighted by atomic mass is 16.1. The van der Waals surface area contributed by atoms with E-state index in [1.807, 2.05) is 36.4 Å². The van der Waals surface area contributed by atoms with Gasteiger partial charge in [0.15, 0.2) is 0 Å². The number of pyridine rings is 2. The van der Waals surface area contributed by atoms with Crippen molar-refractivity contribution in [2.24, 2.45) is 12.8 Å². The molecule has 6 nitrogen and oxygen atoms in total. The first-order chi connectivity index (χ1) is 12.1. The Hall–Kier alpha value is -3.41. The van der Waals surface area contributed by atoms with E-state index in [0.717, 1.165) is 22.0 Å². The van der Waals surface area contributed by atoms with E-state index < -0.39 is 5.91 Å². The summed E-state index contributed by atoms with van der Waals surface area (Å²) in [7, 11) is 1.75. The van der Waals surface area contributed by atoms with Crippen molar-refractivity contribution in [2.75, 3.05) is 0 Å². The quantitative estimate of drug-likeness (QED) is 0.623. The summed E-state index contributed by atoms with van der Waals surface area (Å²) < 4.78 is 3.41. The summed E-state index contributed by atoms with van der Waals surface area (Å²) in [6.07, 6.45) is 3.41. The molecule has 1 amide bonds. The van der Waals surface area contributed by atoms with Crippen molar-refractivity contribution < 1.29 is 4.79 Å². The van der Waals surface area contributed by atoms with Crippen molar-refractivity contribution in [3.8, 4) is 0 Å². The summed E-state index contributed by atoms with van der Waals surface area (Å²) in [6, 6.07) is 13.0. The van der Waals surface area contributed by atoms with Crippen LogP contribution in [0.3, 0.4) is 0 Å². The van der Waals surface area contributed by atoms with Crippen LogP contribution in [0.5, 0.6) is 0 Å². The topological polar surface area (TPSA) is 82.9 Å². The van der Waals surface area contributed by atoms with Crippen LogP contribution in [0.25, 0.3) is 21.8 Å². The second kappa shape index (κ2) is 5.59. The Bertz CT molecular complexity index is 1170. The lowest BCUT2D eigenvalue weighted by Gasteiger charge is -2.12. The Kier molecular flexibility index (Phi) is 3.39. The molecule has 3 heterocycles. The number of nitrogens with two attached hydrogens (primary N) is 1. The largest absolute Gasteiger partial charge is 0.364 e. The lowest BCUT2D eigenvalue weighted by atomic mass is 10.1. The maximum absolute atomic E-state index is 13.1. The maximum atomic E-state index is 13.1. The first-order valence-corrected chi connectivity index (χ1v) is 7.87. The van der Waals surface area contributed by atoms with Crippen molar-refractivity contribution >= 4 is 27.7 Å². The number of hydrogen-bond acceptors (Lipinski definition) is 3. The summed E-state index contributed by atoms with van der Waals surface area (Å²) in [5.74, 6) is -0.553. The Balaban J connectivity index is 2.10. The number of primary amides is 1. The molecule has 6 heteroatoms. The molecule has 0 atom stereocenters. The normalized spacial score (nSPS) is 11.2. The molecule has 2 N–H and O–H groups in total. The fourth-order valence-corrected chi connectivity index (χ4v) is 3.32. The molecule has 0 aliphatic carbocycles. The summed E-state index contributed by atoms with van der Waals surface area (Å²) in [5, 5.41) is 1.39. The van der Waals surface area contributed by atoms with Crippen LogP contribution in [0.4, 0.5) is 0 Å². The average Bonchev–Trinajstić information content (AvgIpc) is 2.97. The number of amides is 1. The third-order valence-corrected chi connectivity index (χ3v) is 4.50. The van der Waals surface area contributed by atoms with Crippen LogP contribution in [0, 0.1) is 0 Å². The van der Waals surface area contributed by atoms with Gasteiger partial charge in [0, 0.05) is 24.8 Å². The number of aromatic nitrogens is 3. The monoisotopic (exact) mass is 332 g/mol. The number of carbonyl (C=O) groups excluding carboxylic acids is 1. The van der Waals surface area contributed by atoms with Gasteiger partial charge in [-0.3, -0.25) is 14.6 Å². The van der Waals surface area contributed by atoms with Crippen LogP contribution < -0.4 is 11.3 Å². The Morgan fingerprint density at radius 2 is 1.84 bits per heavy atom. The second-order valence-electron chi connectivity index (χ2n) is 5.98. The summed E-state index contributed by atoms with van der Waals surface area (Å²) in [5.41, 5.74) is 8.15. The third kappa shape index (κ3) is 2.30. The van der Waals surface area contributed by atoms with Gasteiger partial charge in [0.2, 0.25) is 0 Å². The molecule has 0 fully saturated rings. The molecule has 0 bridgehead atoms. The molecule has 0 saturated carbocycles. The molecule has 0 saturated heterocycles. The Labute approximate surface area is 143 Å². The van der Waals surface area contributed by atoms with Gasteiger partial charge in [-0.15, -0.1) is 0 Å². The van der Waals surface area contributed by atoms with Crippen LogP contribution in [0.1, 0.15) is 16.1 Å². The van der Waals surface area contributed by atoms with Crippen LogP contribution in [-0.4, -0.2) is 20.0 Å². The molecule has 0 unspecified atom stereocenters. The number of rotatable bonds is 3. The molecule has 25 heavy (non-hydrogen) atoms. The van der Waals surface area contributed by atoms with E-state index in [0.29, 0.717) is 17.6 Å². The SMILES string of the molecule is Cn1c(C(N)=O)cc2c(=O)n(Cc3ccncc3)c3ccccc3c21. The van der Waals surface area contributed by atoms with Gasteiger partial charge in [-0.05, 0) is 29.8 Å². The number of fused-ring (bicyclic) bond motifs is 3. The van der Waals surface area contributed by atoms with Gasteiger partial charge in [0.25, 0.3) is 11.5 Å². The minimum absolute atomic E-state index is 0.145. The lowest BCUT2D eigenvalue weighted by Crippen LogP contribution is -2.21. The minimum Gasteiger partial charge on any atom is -0.364 e. The van der Waals surface area contributed by atoms with Gasteiger partial charge in [0.05, 0.1) is 23.0 Å². The van der Waals surface area contributed by atoms with E-state index in [-0.39, 0.29) is 5.56 Å². The van der Waals surface area contributed by atoms with Crippen LogP contribution in [-0.2, 0) is 13.6 Å². The van der Waals surface area contributed by atoms with Gasteiger partial charge < -0.3 is 14.9 Å². The number of carbonyl (C=O) groups is 1. The van der Waals surface area contributed by atoms with Crippen LogP contribution in [0.2, 0.25) is 0 Å². The molecule has 4 rings (SSSR count). The van der Waals surface area contributed by atoms with Gasteiger partial charge in [-0.2, -0.15) is 0 Å². The highest BCUT2D eigenvalue weighted by Gasteiger charge is 2.18. The summed E-state index contributed by atoms with van der Waals surface area (Å²) in [4.78, 5) is 28.8. The van der Waals surface area contributed by atoms with Gasteiger partial charge in [-0.1, -0.05) is 18.2 Å². The number of benzene rings is 1. The van der Waals surface area contributed by atoms with Gasteiger partial charge in [0.1, 0.15) is 5.69 Å². The number of nitrogens with zero attached hydrogens (tertiary/aromatic N) is 3. The first-order valence-electron chi connectivity index (χ1n) is 7.87. The fourth-order valence-electron chi connectivity index (χ4n) is 3.32. The van der Waals surface area contributed by atoms with E-state index in [9.17, 15) is 9.59 Å². The number of para-hydroxylation sites is 1. The molecule has 0 spiro atoms. The molecular weight excluding hydrogens is 316 g/mol. The highest BCUT2D eigenvalue weighted by molar-refractivity contribution is 6.07. The van der Waals surface area contributed by atoms with Crippen molar-refractivity contribution in [1.29, 1.82) is 0 Å². The molecule has 0 aliphatic rings. The summed E-state index contributed by atoms with van der Waals surface area (Å²) >= 11 is 0. The molecule has 0 radical (unpaired) electrons. The maximum Gasteiger partial charge on any atom is 0.265 e. The van der Waals surface area contributed by atoms with Gasteiger partial charge in [-0.25, -0.2) is 0 Å². The van der Waals surface area contributed by atoms with Crippen molar-refractivity contribution in [1.82, 2.24) is 14.1 Å². The zero-order chi connectivity index (χ0) is 17.6. The van der Waals surface area contributed by atoms with Crippen molar-refractivity contribution in [3.63, 3.8) is 0 Å². The van der Waals surface area contributed by atoms with Crippen molar-refractivity contribution in [2.45, 2.75) is 6.54 Å². The molecule has 4 aromatic rings. The van der Waals surface area contributed by atoms with E-state index in [1.54, 1.807) is 34.6 Å². The molecular formula is C19H16N4O2. The molecule has 124 valence electrons. The van der Waals surface area contributed by atoms with E-state index in [1.165, 1.54) is 0 Å². The van der Waals surface area contributed by atoms with Crippen LogP contribution in [0.15, 0.2) is 59.7 Å². The molecule has 0 aliphatic heterocycles. The zero-order valence-electron chi connectivity index (χ0n) is 13.6. The molecule has 1 aromatic carbocycles. The smallest absolute Gasteiger partial charge is 0.265 e. The second-order valence-corrected chi connectivity index (χ2v) is 5.98. The van der Waals surface area contributed by atoms with Crippen LogP contribution >= 0.6 is 0 Å². The predicted octanol–water partition coefficient (Wildman–Crippen LogP) is 2.04. The zero-order valence-corrected chi connectivity index (χ0v) is 13.6. The lowest BCUT2D eigenvalue weighted by molar-refractivity contribution is 0.0993. The standard InChI is InChI=1S/C19H16N4O2/c1-22-16(18(20)24)10-14-17(22)13-4-2-3-5-15(13)23(19(14)25)11-12-6-8-21-9-7-12/h2-10H,11H2,1H3,(H2,20,24). The minimum atomic E-state index is -0.553. The predicted molar refractivity (Wildman–Crippen MR) is 96.5 cm³/mol. The Morgan fingerprint density at radius 1 is 1.12 bits per heavy atom. The number of aryl methyl sites for hydroxylation is 1. The van der Waals surface area contributed by atoms with E-state index in [2.05, 4.69) is 4.98 Å². The van der Waals surface area contributed by atoms with Gasteiger partial charge >= 0.3 is 0 Å².